The van der Waals surface area contributed by atoms with Gasteiger partial charge in [0.2, 0.25) is 0 Å². The number of carbonyl (C=O) groups is 1. The second kappa shape index (κ2) is 8.12. The first-order chi connectivity index (χ1) is 14.7. The molecule has 0 spiro atoms. The number of hydrogen-bond acceptors (Lipinski definition) is 5. The average Bonchev–Trinajstić information content (AvgIpc) is 3.06. The van der Waals surface area contributed by atoms with E-state index in [2.05, 4.69) is 42.8 Å². The third-order valence-electron chi connectivity index (χ3n) is 5.83. The van der Waals surface area contributed by atoms with E-state index >= 15 is 0 Å². The molecule has 2 aromatic rings. The summed E-state index contributed by atoms with van der Waals surface area (Å²) < 4.78 is 1.01. The zero-order valence-electron chi connectivity index (χ0n) is 17.6. The molecule has 1 aliphatic carbocycles. The number of Topliss-reactive ketones (excluding diaryl/α,β-unsaturated/α-hetero) is 1. The number of nitrogens with two attached hydrogens (primary N) is 1. The van der Waals surface area contributed by atoms with Gasteiger partial charge in [-0.25, -0.2) is 0 Å². The zero-order valence-corrected chi connectivity index (χ0v) is 20.8. The Bertz CT molecular complexity index is 1190. The van der Waals surface area contributed by atoms with Crippen LogP contribution in [-0.4, -0.2) is 5.78 Å². The Morgan fingerprint density at radius 2 is 2.10 bits per heavy atom. The number of benzene rings is 1. The molecule has 0 saturated carbocycles. The van der Waals surface area contributed by atoms with Crippen LogP contribution in [-0.2, 0) is 11.2 Å². The first-order valence-electron chi connectivity index (χ1n) is 10.2. The molecule has 2 heterocycles. The van der Waals surface area contributed by atoms with Crippen LogP contribution in [0.5, 0.6) is 0 Å². The lowest BCUT2D eigenvalue weighted by atomic mass is 9.69. The van der Waals surface area contributed by atoms with E-state index in [4.69, 9.17) is 17.3 Å². The molecule has 0 bridgehead atoms. The Balaban J connectivity index is 2.00. The number of thiophene rings is 1. The summed E-state index contributed by atoms with van der Waals surface area (Å²) in [4.78, 5) is 17.5. The smallest absolute Gasteiger partial charge is 0.162 e. The summed E-state index contributed by atoms with van der Waals surface area (Å²) >= 11 is 11.5. The molecule has 160 valence electrons. The van der Waals surface area contributed by atoms with Crippen molar-refractivity contribution in [2.45, 2.75) is 46.0 Å². The van der Waals surface area contributed by atoms with E-state index in [9.17, 15) is 10.1 Å². The predicted octanol–water partition coefficient (Wildman–Crippen LogP) is 6.67. The largest absolute Gasteiger partial charge is 0.384 e. The van der Waals surface area contributed by atoms with Crippen LogP contribution in [0.1, 0.15) is 49.3 Å². The Kier molecular flexibility index (Phi) is 5.80. The van der Waals surface area contributed by atoms with Crippen LogP contribution in [0.3, 0.4) is 0 Å². The van der Waals surface area contributed by atoms with Crippen molar-refractivity contribution in [2.24, 2.45) is 11.1 Å². The van der Waals surface area contributed by atoms with Gasteiger partial charge in [-0.1, -0.05) is 38.4 Å². The molecule has 4 rings (SSSR count). The summed E-state index contributed by atoms with van der Waals surface area (Å²) in [7, 11) is 0. The minimum absolute atomic E-state index is 0.0751. The topological polar surface area (TPSA) is 70.1 Å². The van der Waals surface area contributed by atoms with E-state index < -0.39 is 5.92 Å². The van der Waals surface area contributed by atoms with Crippen molar-refractivity contribution < 1.29 is 4.79 Å². The lowest BCUT2D eigenvalue weighted by Gasteiger charge is -2.43. The molecule has 0 radical (unpaired) electrons. The molecule has 2 N–H and O–H groups in total. The average molecular weight is 517 g/mol. The molecule has 4 nitrogen and oxygen atoms in total. The highest BCUT2D eigenvalue weighted by molar-refractivity contribution is 9.10. The molecule has 0 amide bonds. The van der Waals surface area contributed by atoms with Crippen LogP contribution in [0.2, 0.25) is 5.02 Å². The molecule has 2 aliphatic rings. The molecule has 1 aromatic carbocycles. The predicted molar refractivity (Wildman–Crippen MR) is 130 cm³/mol. The second-order valence-corrected chi connectivity index (χ2v) is 11.2. The van der Waals surface area contributed by atoms with Crippen molar-refractivity contribution in [2.75, 3.05) is 4.90 Å². The Labute approximate surface area is 200 Å². The molecule has 31 heavy (non-hydrogen) atoms. The number of allylic oxidation sites excluding steroid dienone is 3. The normalized spacial score (nSPS) is 20.7. The number of carbonyl (C=O) groups excluding carboxylic acids is 1. The van der Waals surface area contributed by atoms with E-state index in [1.165, 1.54) is 4.88 Å². The van der Waals surface area contributed by atoms with Gasteiger partial charge < -0.3 is 5.73 Å². The summed E-state index contributed by atoms with van der Waals surface area (Å²) in [5, 5.41) is 10.7. The highest BCUT2D eigenvalue weighted by Crippen LogP contribution is 2.51. The van der Waals surface area contributed by atoms with Crippen LogP contribution >= 0.6 is 38.9 Å². The van der Waals surface area contributed by atoms with Gasteiger partial charge in [0, 0.05) is 42.6 Å². The third-order valence-corrected chi connectivity index (χ3v) is 8.38. The summed E-state index contributed by atoms with van der Waals surface area (Å²) in [6, 6.07) is 11.7. The quantitative estimate of drug-likeness (QED) is 0.495. The Hall–Kier alpha value is -2.07. The Morgan fingerprint density at radius 3 is 2.71 bits per heavy atom. The molecule has 1 atom stereocenters. The number of nitrogens with zero attached hydrogens (tertiary/aromatic N) is 2. The van der Waals surface area contributed by atoms with Gasteiger partial charge in [-0.3, -0.25) is 9.69 Å². The van der Waals surface area contributed by atoms with E-state index in [1.807, 2.05) is 29.2 Å². The van der Waals surface area contributed by atoms with Crippen LogP contribution in [0.15, 0.2) is 57.5 Å². The van der Waals surface area contributed by atoms with Crippen LogP contribution in [0.4, 0.5) is 5.69 Å². The number of aryl methyl sites for hydroxylation is 1. The minimum Gasteiger partial charge on any atom is -0.384 e. The van der Waals surface area contributed by atoms with Crippen LogP contribution < -0.4 is 10.6 Å². The van der Waals surface area contributed by atoms with Gasteiger partial charge in [-0.15, -0.1) is 11.3 Å². The van der Waals surface area contributed by atoms with Gasteiger partial charge in [0.25, 0.3) is 0 Å². The van der Waals surface area contributed by atoms with E-state index in [-0.39, 0.29) is 11.2 Å². The maximum absolute atomic E-state index is 13.5. The number of anilines is 1. The fourth-order valence-electron chi connectivity index (χ4n) is 4.51. The maximum atomic E-state index is 13.5. The van der Waals surface area contributed by atoms with Gasteiger partial charge in [0.05, 0.1) is 17.6 Å². The molecule has 0 saturated heterocycles. The van der Waals surface area contributed by atoms with Crippen molar-refractivity contribution >= 4 is 50.3 Å². The first-order valence-corrected chi connectivity index (χ1v) is 12.2. The molecule has 1 unspecified atom stereocenters. The second-order valence-electron chi connectivity index (χ2n) is 8.73. The first kappa shape index (κ1) is 22.1. The summed E-state index contributed by atoms with van der Waals surface area (Å²) in [6.07, 6.45) is 2.00. The van der Waals surface area contributed by atoms with Crippen molar-refractivity contribution in [1.82, 2.24) is 0 Å². The standard InChI is InChI=1S/C24H23BrClN3OS/c1-4-19-16(25)9-20(31-19)21-15(12-27)23(28)29(14-7-5-6-13(26)8-14)17-10-24(2,3)11-18(30)22(17)21/h5-9,21H,4,10-11,28H2,1-3H3. The monoisotopic (exact) mass is 515 g/mol. The summed E-state index contributed by atoms with van der Waals surface area (Å²) in [6.45, 7) is 6.28. The van der Waals surface area contributed by atoms with Gasteiger partial charge in [0.15, 0.2) is 5.78 Å². The van der Waals surface area contributed by atoms with Crippen molar-refractivity contribution in [3.8, 4) is 6.07 Å². The van der Waals surface area contributed by atoms with Crippen LogP contribution in [0, 0.1) is 16.7 Å². The van der Waals surface area contributed by atoms with Crippen LogP contribution in [0.25, 0.3) is 0 Å². The van der Waals surface area contributed by atoms with E-state index in [0.29, 0.717) is 34.8 Å². The highest BCUT2D eigenvalue weighted by atomic mass is 79.9. The molecule has 7 heteroatoms. The SMILES string of the molecule is CCc1sc(C2C(C#N)=C(N)N(c3cccc(Cl)c3)C3=C2C(=O)CC(C)(C)C3)cc1Br. The molecule has 1 aromatic heterocycles. The number of rotatable bonds is 3. The number of nitriles is 1. The molecule has 1 aliphatic heterocycles. The van der Waals surface area contributed by atoms with Gasteiger partial charge in [-0.2, -0.15) is 5.26 Å². The van der Waals surface area contributed by atoms with Gasteiger partial charge in [-0.05, 0) is 58.5 Å². The van der Waals surface area contributed by atoms with Gasteiger partial charge in [0.1, 0.15) is 5.82 Å². The molecular formula is C24H23BrClN3OS. The number of ketones is 1. The van der Waals surface area contributed by atoms with Gasteiger partial charge >= 0.3 is 0 Å². The fourth-order valence-corrected chi connectivity index (χ4v) is 6.73. The molecule has 0 fully saturated rings. The highest BCUT2D eigenvalue weighted by Gasteiger charge is 2.45. The number of hydrogen-bond donors (Lipinski definition) is 1. The van der Waals surface area contributed by atoms with E-state index in [1.54, 1.807) is 17.4 Å². The van der Waals surface area contributed by atoms with E-state index in [0.717, 1.165) is 27.2 Å². The fraction of sp³-hybridized carbons (Fsp3) is 0.333. The summed E-state index contributed by atoms with van der Waals surface area (Å²) in [5.74, 6) is -0.00618. The number of halogens is 2. The minimum atomic E-state index is -0.444. The lowest BCUT2D eigenvalue weighted by Crippen LogP contribution is -2.42. The third kappa shape index (κ3) is 3.84. The summed E-state index contributed by atoms with van der Waals surface area (Å²) in [5.41, 5.74) is 9.16. The Morgan fingerprint density at radius 1 is 1.35 bits per heavy atom. The van der Waals surface area contributed by atoms with Crippen molar-refractivity contribution in [1.29, 1.82) is 5.26 Å². The van der Waals surface area contributed by atoms with Crippen molar-refractivity contribution in [3.05, 3.63) is 72.2 Å². The molecular weight excluding hydrogens is 494 g/mol. The lowest BCUT2D eigenvalue weighted by molar-refractivity contribution is -0.118. The zero-order chi connectivity index (χ0) is 22.5. The van der Waals surface area contributed by atoms with Crippen molar-refractivity contribution in [3.63, 3.8) is 0 Å². The maximum Gasteiger partial charge on any atom is 0.162 e.